The summed E-state index contributed by atoms with van der Waals surface area (Å²) < 4.78 is 7.58. The van der Waals surface area contributed by atoms with Crippen molar-refractivity contribution in [2.45, 2.75) is 40.2 Å². The smallest absolute Gasteiger partial charge is 0.170 e. The summed E-state index contributed by atoms with van der Waals surface area (Å²) in [4.78, 5) is 19.9. The van der Waals surface area contributed by atoms with Crippen molar-refractivity contribution in [3.05, 3.63) is 52.7 Å². The topological polar surface area (TPSA) is 93.4 Å². The summed E-state index contributed by atoms with van der Waals surface area (Å²) in [6, 6.07) is 4.04. The molecule has 8 heteroatoms. The van der Waals surface area contributed by atoms with Crippen LogP contribution in [0.2, 0.25) is 0 Å². The molecule has 0 fully saturated rings. The first-order chi connectivity index (χ1) is 14.5. The number of imidazole rings is 1. The van der Waals surface area contributed by atoms with Gasteiger partial charge < -0.3 is 15.4 Å². The fourth-order valence-electron chi connectivity index (χ4n) is 3.00. The number of hydrogen-bond acceptors (Lipinski definition) is 7. The number of hydrogen-bond donors (Lipinski definition) is 2. The van der Waals surface area contributed by atoms with Crippen molar-refractivity contribution >= 4 is 23.8 Å². The van der Waals surface area contributed by atoms with Crippen LogP contribution in [0.1, 0.15) is 47.6 Å². The third-order valence-corrected chi connectivity index (χ3v) is 4.92. The molecular weight excluding hydrogens is 380 g/mol. The normalized spacial score (nSPS) is 12.8. The monoisotopic (exact) mass is 408 g/mol. The van der Waals surface area contributed by atoms with Gasteiger partial charge in [0.1, 0.15) is 18.1 Å². The molecule has 2 N–H and O–H groups in total. The van der Waals surface area contributed by atoms with E-state index in [-0.39, 0.29) is 6.04 Å². The van der Waals surface area contributed by atoms with Crippen LogP contribution in [0.25, 0.3) is 11.7 Å². The van der Waals surface area contributed by atoms with Gasteiger partial charge in [0.2, 0.25) is 0 Å². The molecule has 3 rings (SSSR count). The first kappa shape index (κ1) is 21.4. The second-order valence-electron chi connectivity index (χ2n) is 7.21. The van der Waals surface area contributed by atoms with Crippen LogP contribution >= 0.6 is 0 Å². The number of carbonyl (C=O) groups excluding carboxylic acids is 1. The number of nitrogens with one attached hydrogen (secondary N) is 2. The Labute approximate surface area is 176 Å². The van der Waals surface area contributed by atoms with Crippen molar-refractivity contribution in [1.82, 2.24) is 24.9 Å². The van der Waals surface area contributed by atoms with E-state index in [1.807, 2.05) is 39.1 Å². The summed E-state index contributed by atoms with van der Waals surface area (Å²) in [6.45, 7) is 8.59. The molecule has 1 unspecified atom stereocenters. The number of nitrogens with zero attached hydrogens (tertiary/aromatic N) is 4. The van der Waals surface area contributed by atoms with Crippen molar-refractivity contribution in [3.63, 3.8) is 0 Å². The van der Waals surface area contributed by atoms with E-state index in [1.54, 1.807) is 10.7 Å². The van der Waals surface area contributed by atoms with E-state index in [0.717, 1.165) is 41.0 Å². The van der Waals surface area contributed by atoms with E-state index < -0.39 is 0 Å². The molecule has 1 atom stereocenters. The molecule has 0 bridgehead atoms. The predicted molar refractivity (Wildman–Crippen MR) is 118 cm³/mol. The zero-order valence-electron chi connectivity index (χ0n) is 18.1. The van der Waals surface area contributed by atoms with Gasteiger partial charge in [-0.15, -0.1) is 5.10 Å². The Morgan fingerprint density at radius 1 is 1.33 bits per heavy atom. The SMILES string of the molecule is CC/C(=C\c1c(OCC(C)NC)ccnc1C)Nc1cc(C)c2ncc(C=O)n2n1. The molecule has 0 aliphatic rings. The molecule has 0 aliphatic carbocycles. The maximum absolute atomic E-state index is 11.3. The zero-order valence-corrected chi connectivity index (χ0v) is 18.1. The van der Waals surface area contributed by atoms with Crippen LogP contribution in [0.3, 0.4) is 0 Å². The minimum Gasteiger partial charge on any atom is -0.491 e. The van der Waals surface area contributed by atoms with Crippen LogP contribution < -0.4 is 15.4 Å². The van der Waals surface area contributed by atoms with E-state index in [1.165, 1.54) is 6.20 Å². The molecule has 0 saturated carbocycles. The molecular formula is C22H28N6O2. The Hall–Kier alpha value is -3.26. The maximum atomic E-state index is 11.3. The molecule has 0 spiro atoms. The van der Waals surface area contributed by atoms with Gasteiger partial charge in [-0.25, -0.2) is 9.50 Å². The number of likely N-dealkylation sites (N-methyl/N-ethyl adjacent to an activating group) is 1. The lowest BCUT2D eigenvalue weighted by molar-refractivity contribution is 0.111. The number of pyridine rings is 1. The zero-order chi connectivity index (χ0) is 21.7. The molecule has 3 aromatic rings. The quantitative estimate of drug-likeness (QED) is 0.524. The molecule has 8 nitrogen and oxygen atoms in total. The highest BCUT2D eigenvalue weighted by Gasteiger charge is 2.11. The number of fused-ring (bicyclic) bond motifs is 1. The number of aldehydes is 1. The van der Waals surface area contributed by atoms with E-state index in [0.29, 0.717) is 23.8 Å². The average molecular weight is 409 g/mol. The van der Waals surface area contributed by atoms with Gasteiger partial charge in [0.15, 0.2) is 17.8 Å². The number of allylic oxidation sites excluding steroid dienone is 1. The number of rotatable bonds is 9. The van der Waals surface area contributed by atoms with Crippen molar-refractivity contribution < 1.29 is 9.53 Å². The number of anilines is 1. The molecule has 0 radical (unpaired) electrons. The first-order valence-corrected chi connectivity index (χ1v) is 10.0. The Morgan fingerprint density at radius 2 is 2.13 bits per heavy atom. The minimum absolute atomic E-state index is 0.236. The highest BCUT2D eigenvalue weighted by molar-refractivity contribution is 5.74. The lowest BCUT2D eigenvalue weighted by Gasteiger charge is -2.16. The van der Waals surface area contributed by atoms with Crippen LogP contribution in [-0.4, -0.2) is 45.6 Å². The fourth-order valence-corrected chi connectivity index (χ4v) is 3.00. The molecule has 3 aromatic heterocycles. The number of aryl methyl sites for hydroxylation is 2. The Bertz CT molecular complexity index is 1070. The first-order valence-electron chi connectivity index (χ1n) is 10.0. The van der Waals surface area contributed by atoms with Gasteiger partial charge in [-0.05, 0) is 58.0 Å². The Morgan fingerprint density at radius 3 is 2.83 bits per heavy atom. The molecule has 158 valence electrons. The molecule has 0 aliphatic heterocycles. The lowest BCUT2D eigenvalue weighted by atomic mass is 10.1. The van der Waals surface area contributed by atoms with Gasteiger partial charge in [0.05, 0.1) is 6.20 Å². The Balaban J connectivity index is 1.93. The number of ether oxygens (including phenoxy) is 1. The minimum atomic E-state index is 0.236. The van der Waals surface area contributed by atoms with Crippen molar-refractivity contribution in [3.8, 4) is 5.75 Å². The second kappa shape index (κ2) is 9.49. The van der Waals surface area contributed by atoms with E-state index >= 15 is 0 Å². The van der Waals surface area contributed by atoms with Crippen molar-refractivity contribution in [1.29, 1.82) is 0 Å². The van der Waals surface area contributed by atoms with Gasteiger partial charge in [0.25, 0.3) is 0 Å². The second-order valence-corrected chi connectivity index (χ2v) is 7.21. The van der Waals surface area contributed by atoms with E-state index in [9.17, 15) is 4.79 Å². The largest absolute Gasteiger partial charge is 0.491 e. The van der Waals surface area contributed by atoms with Crippen LogP contribution in [0.15, 0.2) is 30.2 Å². The van der Waals surface area contributed by atoms with Crippen LogP contribution in [-0.2, 0) is 0 Å². The highest BCUT2D eigenvalue weighted by atomic mass is 16.5. The summed E-state index contributed by atoms with van der Waals surface area (Å²) in [5.41, 5.74) is 4.78. The number of aromatic nitrogens is 4. The summed E-state index contributed by atoms with van der Waals surface area (Å²) in [7, 11) is 1.91. The van der Waals surface area contributed by atoms with Gasteiger partial charge >= 0.3 is 0 Å². The summed E-state index contributed by atoms with van der Waals surface area (Å²) in [5, 5.41) is 11.1. The summed E-state index contributed by atoms with van der Waals surface area (Å²) in [5.74, 6) is 1.43. The van der Waals surface area contributed by atoms with Crippen molar-refractivity contribution in [2.24, 2.45) is 0 Å². The molecule has 3 heterocycles. The fraction of sp³-hybridized carbons (Fsp3) is 0.364. The van der Waals surface area contributed by atoms with E-state index in [4.69, 9.17) is 4.74 Å². The van der Waals surface area contributed by atoms with E-state index in [2.05, 4.69) is 39.5 Å². The van der Waals surface area contributed by atoms with Gasteiger partial charge in [-0.1, -0.05) is 6.92 Å². The average Bonchev–Trinajstić information content (AvgIpc) is 3.16. The molecule has 0 aromatic carbocycles. The molecule has 30 heavy (non-hydrogen) atoms. The maximum Gasteiger partial charge on any atom is 0.170 e. The van der Waals surface area contributed by atoms with Gasteiger partial charge in [0, 0.05) is 29.2 Å². The third-order valence-electron chi connectivity index (χ3n) is 4.92. The lowest BCUT2D eigenvalue weighted by Crippen LogP contribution is -2.28. The molecule has 0 amide bonds. The number of carbonyl (C=O) groups is 1. The Kier molecular flexibility index (Phi) is 6.79. The predicted octanol–water partition coefficient (Wildman–Crippen LogP) is 3.40. The summed E-state index contributed by atoms with van der Waals surface area (Å²) in [6.07, 6.45) is 6.82. The van der Waals surface area contributed by atoms with Crippen molar-refractivity contribution in [2.75, 3.05) is 19.0 Å². The summed E-state index contributed by atoms with van der Waals surface area (Å²) >= 11 is 0. The molecule has 0 saturated heterocycles. The highest BCUT2D eigenvalue weighted by Crippen LogP contribution is 2.25. The van der Waals surface area contributed by atoms with Gasteiger partial charge in [-0.2, -0.15) is 0 Å². The van der Waals surface area contributed by atoms with Crippen LogP contribution in [0.5, 0.6) is 5.75 Å². The standard InChI is InChI=1S/C22H28N6O2/c1-6-17(10-19-16(4)24-8-7-20(19)30-13-15(3)23-5)26-21-9-14(2)22-25-11-18(12-29)28(22)27-21/h7-12,15,23H,6,13H2,1-5H3,(H,26,27)/b17-10+. The van der Waals surface area contributed by atoms with Crippen LogP contribution in [0, 0.1) is 13.8 Å². The third kappa shape index (κ3) is 4.65. The van der Waals surface area contributed by atoms with Crippen LogP contribution in [0.4, 0.5) is 5.82 Å². The van der Waals surface area contributed by atoms with Gasteiger partial charge in [-0.3, -0.25) is 9.78 Å².